The molecule has 0 radical (unpaired) electrons. The molecule has 3 aromatic rings. The number of halogens is 1. The Morgan fingerprint density at radius 1 is 1.35 bits per heavy atom. The van der Waals surface area contributed by atoms with E-state index >= 15 is 0 Å². The molecule has 8 heteroatoms. The monoisotopic (exact) mass is 332 g/mol. The van der Waals surface area contributed by atoms with Crippen LogP contribution in [0.5, 0.6) is 11.5 Å². The highest BCUT2D eigenvalue weighted by molar-refractivity contribution is 7.13. The van der Waals surface area contributed by atoms with Gasteiger partial charge in [0.05, 0.1) is 18.1 Å². The fourth-order valence-corrected chi connectivity index (χ4v) is 2.54. The molecule has 0 saturated heterocycles. The minimum absolute atomic E-state index is 0.0470. The van der Waals surface area contributed by atoms with Gasteiger partial charge in [-0.05, 0) is 31.2 Å². The van der Waals surface area contributed by atoms with Crippen molar-refractivity contribution in [3.63, 3.8) is 0 Å². The highest BCUT2D eigenvalue weighted by Crippen LogP contribution is 2.20. The van der Waals surface area contributed by atoms with E-state index in [0.29, 0.717) is 16.6 Å². The van der Waals surface area contributed by atoms with Crippen LogP contribution in [-0.4, -0.2) is 20.7 Å². The Morgan fingerprint density at radius 3 is 2.83 bits per heavy atom. The van der Waals surface area contributed by atoms with E-state index in [1.807, 2.05) is 12.3 Å². The van der Waals surface area contributed by atoms with Crippen molar-refractivity contribution < 1.29 is 13.9 Å². The molecule has 0 aliphatic carbocycles. The zero-order valence-corrected chi connectivity index (χ0v) is 13.0. The first kappa shape index (κ1) is 15.2. The van der Waals surface area contributed by atoms with E-state index in [0.717, 1.165) is 5.69 Å². The first-order chi connectivity index (χ1) is 11.1. The van der Waals surface area contributed by atoms with Crippen LogP contribution in [0.4, 0.5) is 9.52 Å². The Morgan fingerprint density at radius 2 is 2.13 bits per heavy atom. The molecule has 0 saturated carbocycles. The van der Waals surface area contributed by atoms with Gasteiger partial charge in [-0.1, -0.05) is 0 Å². The number of aromatic nitrogens is 3. The molecule has 2 heterocycles. The van der Waals surface area contributed by atoms with Crippen LogP contribution in [0.2, 0.25) is 0 Å². The summed E-state index contributed by atoms with van der Waals surface area (Å²) in [6.07, 6.45) is 3.08. The first-order valence-electron chi connectivity index (χ1n) is 6.76. The molecular weight excluding hydrogens is 319 g/mol. The number of benzene rings is 1. The Bertz CT molecular complexity index is 813. The Balaban J connectivity index is 1.58. The molecule has 118 valence electrons. The Labute approximate surface area is 135 Å². The number of nitrogens with zero attached hydrogens (tertiary/aromatic N) is 3. The minimum atomic E-state index is -0.331. The van der Waals surface area contributed by atoms with E-state index in [-0.39, 0.29) is 18.3 Å². The number of amides is 1. The maximum absolute atomic E-state index is 12.8. The number of anilines is 1. The zero-order chi connectivity index (χ0) is 16.2. The molecule has 0 aliphatic rings. The number of rotatable bonds is 5. The van der Waals surface area contributed by atoms with Crippen LogP contribution in [-0.2, 0) is 11.3 Å². The normalized spacial score (nSPS) is 10.5. The van der Waals surface area contributed by atoms with Crippen LogP contribution in [0.25, 0.3) is 0 Å². The summed E-state index contributed by atoms with van der Waals surface area (Å²) >= 11 is 1.37. The quantitative estimate of drug-likeness (QED) is 0.779. The molecule has 0 unspecified atom stereocenters. The van der Waals surface area contributed by atoms with E-state index in [1.165, 1.54) is 46.5 Å². The summed E-state index contributed by atoms with van der Waals surface area (Å²) in [7, 11) is 0. The number of ether oxygens (including phenoxy) is 1. The van der Waals surface area contributed by atoms with E-state index < -0.39 is 0 Å². The van der Waals surface area contributed by atoms with Gasteiger partial charge < -0.3 is 10.1 Å². The van der Waals surface area contributed by atoms with E-state index in [2.05, 4.69) is 15.4 Å². The highest BCUT2D eigenvalue weighted by atomic mass is 32.1. The standard InChI is InChI=1S/C15H13FN4O2S/c1-10-9-23-15(18-10)19-14(21)8-20-7-13(6-17-20)22-12-4-2-11(16)3-5-12/h2-7,9H,8H2,1H3,(H,18,19,21). The Kier molecular flexibility index (Phi) is 4.33. The Hall–Kier alpha value is -2.74. The van der Waals surface area contributed by atoms with Crippen LogP contribution < -0.4 is 10.1 Å². The fourth-order valence-electron chi connectivity index (χ4n) is 1.84. The molecule has 23 heavy (non-hydrogen) atoms. The molecule has 0 bridgehead atoms. The molecule has 0 atom stereocenters. The van der Waals surface area contributed by atoms with Crippen molar-refractivity contribution in [1.82, 2.24) is 14.8 Å². The lowest BCUT2D eigenvalue weighted by atomic mass is 10.3. The summed E-state index contributed by atoms with van der Waals surface area (Å²) in [5.74, 6) is 0.404. The summed E-state index contributed by atoms with van der Waals surface area (Å²) in [6.45, 7) is 1.91. The molecule has 1 aromatic carbocycles. The van der Waals surface area contributed by atoms with E-state index in [1.54, 1.807) is 6.20 Å². The third-order valence-corrected chi connectivity index (χ3v) is 3.71. The molecule has 1 amide bonds. The molecule has 1 N–H and O–H groups in total. The predicted octanol–water partition coefficient (Wildman–Crippen LogP) is 3.22. The molecule has 0 aliphatic heterocycles. The van der Waals surface area contributed by atoms with Crippen molar-refractivity contribution in [3.05, 3.63) is 53.6 Å². The predicted molar refractivity (Wildman–Crippen MR) is 84.2 cm³/mol. The number of aryl methyl sites for hydroxylation is 1. The molecule has 2 aromatic heterocycles. The summed E-state index contributed by atoms with van der Waals surface area (Å²) in [6, 6.07) is 5.65. The van der Waals surface area contributed by atoms with Gasteiger partial charge in [0.25, 0.3) is 0 Å². The van der Waals surface area contributed by atoms with Crippen molar-refractivity contribution >= 4 is 22.4 Å². The zero-order valence-electron chi connectivity index (χ0n) is 12.2. The lowest BCUT2D eigenvalue weighted by molar-refractivity contribution is -0.116. The van der Waals surface area contributed by atoms with Gasteiger partial charge in [0, 0.05) is 5.38 Å². The second-order valence-corrected chi connectivity index (χ2v) is 5.63. The summed E-state index contributed by atoms with van der Waals surface area (Å²) in [5.41, 5.74) is 0.861. The van der Waals surface area contributed by atoms with Gasteiger partial charge in [-0.2, -0.15) is 5.10 Å². The maximum Gasteiger partial charge on any atom is 0.247 e. The van der Waals surface area contributed by atoms with Gasteiger partial charge in [-0.25, -0.2) is 9.37 Å². The van der Waals surface area contributed by atoms with Crippen molar-refractivity contribution in [1.29, 1.82) is 0 Å². The lowest BCUT2D eigenvalue weighted by Gasteiger charge is -2.02. The molecule has 3 rings (SSSR count). The summed E-state index contributed by atoms with van der Waals surface area (Å²) in [5, 5.41) is 9.18. The van der Waals surface area contributed by atoms with Gasteiger partial charge >= 0.3 is 0 Å². The number of carbonyl (C=O) groups is 1. The number of thiazole rings is 1. The van der Waals surface area contributed by atoms with Crippen LogP contribution in [0.3, 0.4) is 0 Å². The van der Waals surface area contributed by atoms with Gasteiger partial charge in [0.15, 0.2) is 10.9 Å². The van der Waals surface area contributed by atoms with Gasteiger partial charge in [0.1, 0.15) is 18.1 Å². The number of carbonyl (C=O) groups excluding carboxylic acids is 1. The smallest absolute Gasteiger partial charge is 0.247 e. The van der Waals surface area contributed by atoms with Crippen LogP contribution >= 0.6 is 11.3 Å². The SMILES string of the molecule is Cc1csc(NC(=O)Cn2cc(Oc3ccc(F)cc3)cn2)n1. The average molecular weight is 332 g/mol. The summed E-state index contributed by atoms with van der Waals surface area (Å²) < 4.78 is 19.8. The third-order valence-electron chi connectivity index (χ3n) is 2.83. The van der Waals surface area contributed by atoms with Crippen molar-refractivity contribution in [2.24, 2.45) is 0 Å². The molecular formula is C15H13FN4O2S. The van der Waals surface area contributed by atoms with Crippen LogP contribution in [0, 0.1) is 12.7 Å². The van der Waals surface area contributed by atoms with E-state index in [9.17, 15) is 9.18 Å². The van der Waals surface area contributed by atoms with Crippen molar-refractivity contribution in [2.75, 3.05) is 5.32 Å². The van der Waals surface area contributed by atoms with Crippen LogP contribution in [0.1, 0.15) is 5.69 Å². The largest absolute Gasteiger partial charge is 0.454 e. The second kappa shape index (κ2) is 6.57. The average Bonchev–Trinajstić information content (AvgIpc) is 3.11. The lowest BCUT2D eigenvalue weighted by Crippen LogP contribution is -2.18. The molecule has 0 fully saturated rings. The van der Waals surface area contributed by atoms with Crippen LogP contribution in [0.15, 0.2) is 42.0 Å². The fraction of sp³-hybridized carbons (Fsp3) is 0.133. The molecule has 0 spiro atoms. The highest BCUT2D eigenvalue weighted by Gasteiger charge is 2.08. The van der Waals surface area contributed by atoms with Gasteiger partial charge in [-0.3, -0.25) is 9.48 Å². The summed E-state index contributed by atoms with van der Waals surface area (Å²) in [4.78, 5) is 16.1. The maximum atomic E-state index is 12.8. The number of hydrogen-bond acceptors (Lipinski definition) is 5. The van der Waals surface area contributed by atoms with Crippen molar-refractivity contribution in [2.45, 2.75) is 13.5 Å². The minimum Gasteiger partial charge on any atom is -0.454 e. The third kappa shape index (κ3) is 4.13. The van der Waals surface area contributed by atoms with E-state index in [4.69, 9.17) is 4.74 Å². The van der Waals surface area contributed by atoms with Crippen molar-refractivity contribution in [3.8, 4) is 11.5 Å². The topological polar surface area (TPSA) is 69.0 Å². The molecule has 6 nitrogen and oxygen atoms in total. The first-order valence-corrected chi connectivity index (χ1v) is 7.64. The second-order valence-electron chi connectivity index (χ2n) is 4.77. The number of nitrogens with one attached hydrogen (secondary N) is 1. The van der Waals surface area contributed by atoms with Gasteiger partial charge in [0.2, 0.25) is 5.91 Å². The van der Waals surface area contributed by atoms with Gasteiger partial charge in [-0.15, -0.1) is 11.3 Å². The number of hydrogen-bond donors (Lipinski definition) is 1.